The van der Waals surface area contributed by atoms with Gasteiger partial charge in [-0.25, -0.2) is 8.78 Å². The van der Waals surface area contributed by atoms with Gasteiger partial charge in [0.05, 0.1) is 22.7 Å². The number of nitrogens with zero attached hydrogens (tertiary/aromatic N) is 2. The van der Waals surface area contributed by atoms with Crippen molar-refractivity contribution in [1.82, 2.24) is 14.8 Å². The number of H-pyrrole nitrogens is 1. The molecule has 0 saturated heterocycles. The highest BCUT2D eigenvalue weighted by atomic mass is 19.3. The van der Waals surface area contributed by atoms with Crippen LogP contribution in [0.4, 0.5) is 8.78 Å². The molecule has 0 unspecified atom stereocenters. The number of nitrogens with one attached hydrogen (secondary N) is 1. The topological polar surface area (TPSA) is 93.8 Å². The summed E-state index contributed by atoms with van der Waals surface area (Å²) in [6.07, 6.45) is 1.67. The van der Waals surface area contributed by atoms with Gasteiger partial charge in [-0.05, 0) is 0 Å². The van der Waals surface area contributed by atoms with Gasteiger partial charge >= 0.3 is 0 Å². The van der Waals surface area contributed by atoms with Gasteiger partial charge in [0.2, 0.25) is 0 Å². The molecule has 2 heterocycles. The Hall–Kier alpha value is -2.25. The average Bonchev–Trinajstić information content (AvgIpc) is 2.75. The van der Waals surface area contributed by atoms with Crippen LogP contribution in [0.2, 0.25) is 0 Å². The minimum Gasteiger partial charge on any atom is -0.365 e. The van der Waals surface area contributed by atoms with Gasteiger partial charge < -0.3 is 10.3 Å². The van der Waals surface area contributed by atoms with Gasteiger partial charge in [-0.3, -0.25) is 14.7 Å². The Morgan fingerprint density at radius 2 is 2.21 bits per heavy atom. The van der Waals surface area contributed by atoms with E-state index in [2.05, 4.69) is 10.2 Å². The largest absolute Gasteiger partial charge is 0.365 e. The zero-order valence-electron chi connectivity index (χ0n) is 9.69. The molecule has 0 radical (unpaired) electrons. The smallest absolute Gasteiger partial charge is 0.261 e. The second kappa shape index (κ2) is 3.62. The molecule has 0 atom stereocenters. The summed E-state index contributed by atoms with van der Waals surface area (Å²) in [7, 11) is 0. The fourth-order valence-corrected chi connectivity index (χ4v) is 2.34. The lowest BCUT2D eigenvalue weighted by atomic mass is 9.87. The van der Waals surface area contributed by atoms with Crippen molar-refractivity contribution in [3.8, 4) is 0 Å². The summed E-state index contributed by atoms with van der Waals surface area (Å²) in [6.45, 7) is 0. The number of primary amides is 1. The Labute approximate surface area is 105 Å². The lowest BCUT2D eigenvalue weighted by Crippen LogP contribution is -2.41. The molecule has 0 spiro atoms. The van der Waals surface area contributed by atoms with E-state index >= 15 is 0 Å². The van der Waals surface area contributed by atoms with Gasteiger partial charge in [0.1, 0.15) is 0 Å². The van der Waals surface area contributed by atoms with Crippen LogP contribution in [0.1, 0.15) is 29.2 Å². The summed E-state index contributed by atoms with van der Waals surface area (Å²) in [5.41, 5.74) is 5.08. The van der Waals surface area contributed by atoms with Crippen molar-refractivity contribution < 1.29 is 13.6 Å². The highest BCUT2D eigenvalue weighted by Gasteiger charge is 2.46. The summed E-state index contributed by atoms with van der Waals surface area (Å²) in [5.74, 6) is -3.49. The Morgan fingerprint density at radius 1 is 1.53 bits per heavy atom. The molecule has 1 fully saturated rings. The summed E-state index contributed by atoms with van der Waals surface area (Å²) >= 11 is 0. The summed E-state index contributed by atoms with van der Waals surface area (Å²) in [6, 6.07) is -0.611. The van der Waals surface area contributed by atoms with Crippen LogP contribution in [0.15, 0.2) is 17.2 Å². The first-order chi connectivity index (χ1) is 8.89. The molecule has 8 heteroatoms. The van der Waals surface area contributed by atoms with Crippen LogP contribution >= 0.6 is 0 Å². The summed E-state index contributed by atoms with van der Waals surface area (Å²) in [5, 5.41) is 6.37. The van der Waals surface area contributed by atoms with E-state index in [1.807, 2.05) is 0 Å². The molecule has 19 heavy (non-hydrogen) atoms. The first-order valence-corrected chi connectivity index (χ1v) is 5.65. The number of halogens is 2. The number of hydrogen-bond acceptors (Lipinski definition) is 3. The average molecular weight is 268 g/mol. The molecule has 0 aromatic carbocycles. The molecule has 1 aliphatic rings. The van der Waals surface area contributed by atoms with E-state index in [0.29, 0.717) is 0 Å². The van der Waals surface area contributed by atoms with Crippen LogP contribution in [0.5, 0.6) is 0 Å². The third-order valence-corrected chi connectivity index (χ3v) is 3.37. The number of pyridine rings is 1. The second-order valence-corrected chi connectivity index (χ2v) is 4.70. The van der Waals surface area contributed by atoms with Crippen molar-refractivity contribution in [2.24, 2.45) is 5.73 Å². The van der Waals surface area contributed by atoms with Crippen LogP contribution in [-0.2, 0) is 0 Å². The maximum Gasteiger partial charge on any atom is 0.261 e. The van der Waals surface area contributed by atoms with E-state index in [1.165, 1.54) is 12.4 Å². The van der Waals surface area contributed by atoms with Crippen LogP contribution in [0, 0.1) is 0 Å². The molecule has 2 aromatic heterocycles. The number of rotatable bonds is 2. The predicted molar refractivity (Wildman–Crippen MR) is 62.1 cm³/mol. The predicted octanol–water partition coefficient (Wildman–Crippen LogP) is 0.794. The first kappa shape index (κ1) is 11.8. The lowest BCUT2D eigenvalue weighted by molar-refractivity contribution is -0.104. The number of amides is 1. The van der Waals surface area contributed by atoms with Crippen LogP contribution in [0.3, 0.4) is 0 Å². The second-order valence-electron chi connectivity index (χ2n) is 4.70. The van der Waals surface area contributed by atoms with Crippen LogP contribution in [-0.4, -0.2) is 26.6 Å². The van der Waals surface area contributed by atoms with E-state index < -0.39 is 36.3 Å². The number of aromatic amines is 1. The van der Waals surface area contributed by atoms with Crippen LogP contribution in [0.25, 0.3) is 10.9 Å². The van der Waals surface area contributed by atoms with Crippen molar-refractivity contribution >= 4 is 16.8 Å². The number of aromatic nitrogens is 3. The Morgan fingerprint density at radius 3 is 2.79 bits per heavy atom. The van der Waals surface area contributed by atoms with E-state index in [0.717, 1.165) is 4.57 Å². The minimum absolute atomic E-state index is 0.0716. The van der Waals surface area contributed by atoms with E-state index in [-0.39, 0.29) is 16.5 Å². The minimum atomic E-state index is -2.75. The number of alkyl halides is 2. The van der Waals surface area contributed by atoms with E-state index in [1.54, 1.807) is 0 Å². The summed E-state index contributed by atoms with van der Waals surface area (Å²) in [4.78, 5) is 23.5. The SMILES string of the molecule is NC(=O)c1cn(C2CC(F)(F)C2)c(=O)c2cn[nH]c12. The van der Waals surface area contributed by atoms with Gasteiger partial charge in [-0.2, -0.15) is 5.10 Å². The number of hydrogen-bond donors (Lipinski definition) is 2. The fraction of sp³-hybridized carbons (Fsp3) is 0.364. The van der Waals surface area contributed by atoms with Gasteiger partial charge in [0, 0.05) is 25.1 Å². The highest BCUT2D eigenvalue weighted by molar-refractivity contribution is 6.04. The van der Waals surface area contributed by atoms with Crippen molar-refractivity contribution in [3.63, 3.8) is 0 Å². The summed E-state index contributed by atoms with van der Waals surface area (Å²) < 4.78 is 26.9. The maximum atomic E-state index is 12.9. The monoisotopic (exact) mass is 268 g/mol. The molecular formula is C11H10F2N4O2. The molecule has 1 saturated carbocycles. The standard InChI is InChI=1S/C11H10F2N4O2/c12-11(13)1-5(2-11)17-4-7(9(14)18)8-6(10(17)19)3-15-16-8/h3-5H,1-2H2,(H2,14,18)(H,15,16). The quantitative estimate of drug-likeness (QED) is 0.843. The first-order valence-electron chi connectivity index (χ1n) is 5.65. The number of fused-ring (bicyclic) bond motifs is 1. The van der Waals surface area contributed by atoms with Gasteiger partial charge in [-0.15, -0.1) is 0 Å². The lowest BCUT2D eigenvalue weighted by Gasteiger charge is -2.36. The maximum absolute atomic E-state index is 12.9. The molecular weight excluding hydrogens is 258 g/mol. The van der Waals surface area contributed by atoms with Crippen molar-refractivity contribution in [3.05, 3.63) is 28.3 Å². The normalized spacial score (nSPS) is 18.4. The third kappa shape index (κ3) is 1.71. The van der Waals surface area contributed by atoms with E-state index in [9.17, 15) is 18.4 Å². The zero-order valence-corrected chi connectivity index (χ0v) is 9.69. The van der Waals surface area contributed by atoms with E-state index in [4.69, 9.17) is 5.73 Å². The Bertz CT molecular complexity index is 726. The highest BCUT2D eigenvalue weighted by Crippen LogP contribution is 2.44. The molecule has 100 valence electrons. The van der Waals surface area contributed by atoms with Gasteiger partial charge in [0.15, 0.2) is 0 Å². The number of carbonyl (C=O) groups excluding carboxylic acids is 1. The zero-order chi connectivity index (χ0) is 13.8. The van der Waals surface area contributed by atoms with Crippen molar-refractivity contribution in [2.75, 3.05) is 0 Å². The molecule has 0 bridgehead atoms. The Kier molecular flexibility index (Phi) is 2.25. The number of carbonyl (C=O) groups is 1. The fourth-order valence-electron chi connectivity index (χ4n) is 2.34. The van der Waals surface area contributed by atoms with Crippen molar-refractivity contribution in [1.29, 1.82) is 0 Å². The molecule has 3 N–H and O–H groups in total. The molecule has 2 aromatic rings. The Balaban J connectivity index is 2.18. The third-order valence-electron chi connectivity index (χ3n) is 3.37. The molecule has 0 aliphatic heterocycles. The molecule has 1 amide bonds. The number of nitrogens with two attached hydrogens (primary N) is 1. The molecule has 6 nitrogen and oxygen atoms in total. The van der Waals surface area contributed by atoms with Crippen LogP contribution < -0.4 is 11.3 Å². The van der Waals surface area contributed by atoms with Gasteiger partial charge in [0.25, 0.3) is 17.4 Å². The molecule has 3 rings (SSSR count). The molecule has 1 aliphatic carbocycles. The van der Waals surface area contributed by atoms with Gasteiger partial charge in [-0.1, -0.05) is 0 Å². The van der Waals surface area contributed by atoms with Crippen molar-refractivity contribution in [2.45, 2.75) is 24.8 Å².